The van der Waals surface area contributed by atoms with Crippen molar-refractivity contribution in [1.82, 2.24) is 4.98 Å². The zero-order valence-electron chi connectivity index (χ0n) is 11.1. The summed E-state index contributed by atoms with van der Waals surface area (Å²) in [5.41, 5.74) is 10.9. The molecule has 4 heteroatoms. The van der Waals surface area contributed by atoms with Gasteiger partial charge in [-0.1, -0.05) is 17.7 Å². The van der Waals surface area contributed by atoms with E-state index in [1.54, 1.807) is 11.3 Å². The van der Waals surface area contributed by atoms with Crippen LogP contribution in [-0.2, 0) is 13.1 Å². The molecule has 0 amide bonds. The van der Waals surface area contributed by atoms with E-state index in [0.29, 0.717) is 6.54 Å². The van der Waals surface area contributed by atoms with Crippen LogP contribution in [0.15, 0.2) is 18.3 Å². The van der Waals surface area contributed by atoms with Gasteiger partial charge in [0.1, 0.15) is 0 Å². The number of nitrogens with zero attached hydrogens (tertiary/aromatic N) is 1. The van der Waals surface area contributed by atoms with Crippen LogP contribution in [0, 0.1) is 20.8 Å². The highest BCUT2D eigenvalue weighted by Gasteiger charge is 2.05. The Balaban J connectivity index is 2.10. The average Bonchev–Trinajstić information content (AvgIpc) is 2.75. The number of nitrogens with two attached hydrogens (primary N) is 1. The molecule has 0 spiro atoms. The molecule has 1 aromatic heterocycles. The quantitative estimate of drug-likeness (QED) is 0.889. The van der Waals surface area contributed by atoms with Crippen LogP contribution in [0.3, 0.4) is 0 Å². The first kappa shape index (κ1) is 13.1. The molecule has 0 fully saturated rings. The van der Waals surface area contributed by atoms with E-state index in [4.69, 9.17) is 5.73 Å². The smallest absolute Gasteiger partial charge is 0.183 e. The molecule has 0 aliphatic rings. The summed E-state index contributed by atoms with van der Waals surface area (Å²) in [6.45, 7) is 7.82. The Morgan fingerprint density at radius 1 is 1.22 bits per heavy atom. The molecule has 1 aromatic carbocycles. The van der Waals surface area contributed by atoms with Crippen LogP contribution in [-0.4, -0.2) is 4.98 Å². The molecule has 0 radical (unpaired) electrons. The molecule has 3 N–H and O–H groups in total. The Morgan fingerprint density at radius 2 is 1.89 bits per heavy atom. The van der Waals surface area contributed by atoms with Gasteiger partial charge in [0.2, 0.25) is 0 Å². The number of aromatic nitrogens is 1. The van der Waals surface area contributed by atoms with Crippen LogP contribution in [0.4, 0.5) is 5.13 Å². The number of aryl methyl sites for hydroxylation is 3. The number of anilines is 1. The minimum atomic E-state index is 0.557. The van der Waals surface area contributed by atoms with Crippen molar-refractivity contribution < 1.29 is 0 Å². The second-order valence-electron chi connectivity index (χ2n) is 4.57. The van der Waals surface area contributed by atoms with E-state index in [-0.39, 0.29) is 0 Å². The fraction of sp³-hybridized carbons (Fsp3) is 0.357. The molecule has 1 heterocycles. The van der Waals surface area contributed by atoms with E-state index >= 15 is 0 Å². The number of hydrogen-bond acceptors (Lipinski definition) is 4. The minimum Gasteiger partial charge on any atom is -0.357 e. The molecule has 96 valence electrons. The van der Waals surface area contributed by atoms with Crippen molar-refractivity contribution in [3.63, 3.8) is 0 Å². The Morgan fingerprint density at radius 3 is 2.44 bits per heavy atom. The molecule has 3 nitrogen and oxygen atoms in total. The third-order valence-corrected chi connectivity index (χ3v) is 3.99. The van der Waals surface area contributed by atoms with Gasteiger partial charge in [0.05, 0.1) is 0 Å². The molecule has 2 aromatic rings. The van der Waals surface area contributed by atoms with Gasteiger partial charge in [0.15, 0.2) is 5.13 Å². The molecular weight excluding hydrogens is 242 g/mol. The van der Waals surface area contributed by atoms with Crippen molar-refractivity contribution in [2.24, 2.45) is 5.73 Å². The highest BCUT2D eigenvalue weighted by atomic mass is 32.1. The molecule has 0 atom stereocenters. The summed E-state index contributed by atoms with van der Waals surface area (Å²) in [4.78, 5) is 5.41. The largest absolute Gasteiger partial charge is 0.357 e. The summed E-state index contributed by atoms with van der Waals surface area (Å²) in [7, 11) is 0. The summed E-state index contributed by atoms with van der Waals surface area (Å²) < 4.78 is 0. The van der Waals surface area contributed by atoms with Gasteiger partial charge in [-0.15, -0.1) is 11.3 Å². The number of hydrogen-bond donors (Lipinski definition) is 2. The van der Waals surface area contributed by atoms with E-state index in [9.17, 15) is 0 Å². The maximum atomic E-state index is 5.58. The molecule has 0 aliphatic carbocycles. The van der Waals surface area contributed by atoms with Crippen LogP contribution in [0.1, 0.15) is 27.1 Å². The van der Waals surface area contributed by atoms with Crippen molar-refractivity contribution >= 4 is 16.5 Å². The van der Waals surface area contributed by atoms with E-state index in [1.807, 2.05) is 6.20 Å². The second-order valence-corrected chi connectivity index (χ2v) is 5.68. The summed E-state index contributed by atoms with van der Waals surface area (Å²) >= 11 is 1.62. The third-order valence-electron chi connectivity index (χ3n) is 3.01. The maximum absolute atomic E-state index is 5.58. The van der Waals surface area contributed by atoms with Crippen LogP contribution in [0.2, 0.25) is 0 Å². The van der Waals surface area contributed by atoms with Crippen LogP contribution < -0.4 is 11.1 Å². The predicted molar refractivity (Wildman–Crippen MR) is 78.0 cm³/mol. The first-order valence-corrected chi connectivity index (χ1v) is 6.87. The summed E-state index contributed by atoms with van der Waals surface area (Å²) in [5, 5.41) is 4.31. The number of nitrogens with one attached hydrogen (secondary N) is 1. The zero-order chi connectivity index (χ0) is 13.1. The Hall–Kier alpha value is -1.39. The SMILES string of the molecule is Cc1cc(C)c(CNc2ncc(CN)s2)c(C)c1. The fourth-order valence-corrected chi connectivity index (χ4v) is 2.82. The van der Waals surface area contributed by atoms with E-state index in [1.165, 1.54) is 22.3 Å². The van der Waals surface area contributed by atoms with E-state index in [2.05, 4.69) is 43.2 Å². The van der Waals surface area contributed by atoms with Crippen molar-refractivity contribution in [2.45, 2.75) is 33.9 Å². The molecule has 0 unspecified atom stereocenters. The lowest BCUT2D eigenvalue weighted by Crippen LogP contribution is -2.03. The van der Waals surface area contributed by atoms with Gasteiger partial charge < -0.3 is 11.1 Å². The molecule has 0 saturated carbocycles. The second kappa shape index (κ2) is 5.50. The minimum absolute atomic E-state index is 0.557. The van der Waals surface area contributed by atoms with Gasteiger partial charge in [-0.3, -0.25) is 0 Å². The monoisotopic (exact) mass is 261 g/mol. The lowest BCUT2D eigenvalue weighted by Gasteiger charge is -2.11. The van der Waals surface area contributed by atoms with Crippen molar-refractivity contribution in [3.05, 3.63) is 45.5 Å². The van der Waals surface area contributed by atoms with E-state index in [0.717, 1.165) is 16.6 Å². The highest BCUT2D eigenvalue weighted by Crippen LogP contribution is 2.21. The fourth-order valence-electron chi connectivity index (χ4n) is 2.14. The Bertz CT molecular complexity index is 523. The molecule has 18 heavy (non-hydrogen) atoms. The van der Waals surface area contributed by atoms with Gasteiger partial charge in [0, 0.05) is 24.2 Å². The first-order valence-electron chi connectivity index (χ1n) is 6.05. The van der Waals surface area contributed by atoms with Crippen molar-refractivity contribution in [3.8, 4) is 0 Å². The molecule has 0 bridgehead atoms. The number of benzene rings is 1. The van der Waals surface area contributed by atoms with Crippen molar-refractivity contribution in [2.75, 3.05) is 5.32 Å². The Labute approximate surface area is 112 Å². The lowest BCUT2D eigenvalue weighted by molar-refractivity contribution is 1.07. The number of rotatable bonds is 4. The maximum Gasteiger partial charge on any atom is 0.183 e. The highest BCUT2D eigenvalue weighted by molar-refractivity contribution is 7.15. The van der Waals surface area contributed by atoms with Gasteiger partial charge in [-0.05, 0) is 37.5 Å². The molecular formula is C14H19N3S. The normalized spacial score (nSPS) is 10.7. The molecule has 0 aliphatic heterocycles. The molecule has 2 rings (SSSR count). The standard InChI is InChI=1S/C14H19N3S/c1-9-4-10(2)13(11(3)5-9)8-17-14-16-7-12(6-15)18-14/h4-5,7H,6,8,15H2,1-3H3,(H,16,17). The summed E-state index contributed by atoms with van der Waals surface area (Å²) in [5.74, 6) is 0. The Kier molecular flexibility index (Phi) is 3.99. The lowest BCUT2D eigenvalue weighted by atomic mass is 10.00. The van der Waals surface area contributed by atoms with Gasteiger partial charge in [-0.2, -0.15) is 0 Å². The third kappa shape index (κ3) is 2.89. The van der Waals surface area contributed by atoms with Gasteiger partial charge in [-0.25, -0.2) is 4.98 Å². The van der Waals surface area contributed by atoms with Crippen LogP contribution in [0.25, 0.3) is 0 Å². The van der Waals surface area contributed by atoms with Gasteiger partial charge >= 0.3 is 0 Å². The summed E-state index contributed by atoms with van der Waals surface area (Å²) in [6, 6.07) is 4.44. The van der Waals surface area contributed by atoms with Crippen LogP contribution >= 0.6 is 11.3 Å². The van der Waals surface area contributed by atoms with Crippen LogP contribution in [0.5, 0.6) is 0 Å². The van der Waals surface area contributed by atoms with Gasteiger partial charge in [0.25, 0.3) is 0 Å². The van der Waals surface area contributed by atoms with E-state index < -0.39 is 0 Å². The summed E-state index contributed by atoms with van der Waals surface area (Å²) in [6.07, 6.45) is 1.84. The average molecular weight is 261 g/mol. The topological polar surface area (TPSA) is 50.9 Å². The predicted octanol–water partition coefficient (Wildman–Crippen LogP) is 3.14. The number of thiazole rings is 1. The zero-order valence-corrected chi connectivity index (χ0v) is 11.9. The van der Waals surface area contributed by atoms with Crippen molar-refractivity contribution in [1.29, 1.82) is 0 Å². The molecule has 0 saturated heterocycles. The first-order chi connectivity index (χ1) is 8.60.